The van der Waals surface area contributed by atoms with Crippen LogP contribution in [0.1, 0.15) is 18.0 Å². The van der Waals surface area contributed by atoms with Crippen LogP contribution < -0.4 is 5.73 Å². The molecule has 0 amide bonds. The highest BCUT2D eigenvalue weighted by atomic mass is 32.1. The van der Waals surface area contributed by atoms with E-state index in [2.05, 4.69) is 10.4 Å². The number of hydrogen-bond acceptors (Lipinski definition) is 3. The van der Waals surface area contributed by atoms with Crippen molar-refractivity contribution >= 4 is 11.3 Å². The summed E-state index contributed by atoms with van der Waals surface area (Å²) in [5.74, 6) is 1.42. The van der Waals surface area contributed by atoms with E-state index in [9.17, 15) is 0 Å². The molecular weight excluding hydrogens is 144 g/mol. The molecule has 1 saturated carbocycles. The van der Waals surface area contributed by atoms with E-state index < -0.39 is 0 Å². The van der Waals surface area contributed by atoms with Crippen LogP contribution in [0.15, 0.2) is 10.9 Å². The van der Waals surface area contributed by atoms with Crippen LogP contribution >= 0.6 is 11.3 Å². The number of rotatable bonds is 2. The molecule has 1 aromatic heterocycles. The molecule has 0 unspecified atom stereocenters. The zero-order chi connectivity index (χ0) is 6.97. The average molecular weight is 154 g/mol. The van der Waals surface area contributed by atoms with Gasteiger partial charge in [-0.3, -0.25) is 0 Å². The van der Waals surface area contributed by atoms with Crippen LogP contribution in [0, 0.1) is 5.92 Å². The van der Waals surface area contributed by atoms with Crippen LogP contribution in [0.25, 0.3) is 0 Å². The molecule has 3 heteroatoms. The zero-order valence-corrected chi connectivity index (χ0v) is 6.47. The van der Waals surface area contributed by atoms with Gasteiger partial charge in [0, 0.05) is 11.3 Å². The Bertz CT molecular complexity index is 207. The fourth-order valence-corrected chi connectivity index (χ4v) is 1.89. The van der Waals surface area contributed by atoms with Gasteiger partial charge in [0.05, 0.1) is 11.2 Å². The van der Waals surface area contributed by atoms with Crippen LogP contribution in [0.3, 0.4) is 0 Å². The predicted molar refractivity (Wildman–Crippen MR) is 42.0 cm³/mol. The highest BCUT2D eigenvalue weighted by molar-refractivity contribution is 7.07. The second kappa shape index (κ2) is 2.32. The highest BCUT2D eigenvalue weighted by Gasteiger charge is 2.38. The summed E-state index contributed by atoms with van der Waals surface area (Å²) in [5.41, 5.74) is 8.65. The van der Waals surface area contributed by atoms with E-state index in [0.717, 1.165) is 12.5 Å². The fourth-order valence-electron chi connectivity index (χ4n) is 1.28. The molecule has 0 radical (unpaired) electrons. The lowest BCUT2D eigenvalue weighted by Crippen LogP contribution is -2.01. The van der Waals surface area contributed by atoms with E-state index in [-0.39, 0.29) is 0 Å². The lowest BCUT2D eigenvalue weighted by molar-refractivity contribution is 0.800. The number of thiazole rings is 1. The number of nitrogens with zero attached hydrogens (tertiary/aromatic N) is 1. The lowest BCUT2D eigenvalue weighted by atomic mass is 10.2. The van der Waals surface area contributed by atoms with E-state index >= 15 is 0 Å². The minimum Gasteiger partial charge on any atom is -0.330 e. The SMILES string of the molecule is NC[C@@H]1C[C@H]1c1cscn1. The predicted octanol–water partition coefficient (Wildman–Crippen LogP) is 1.21. The molecule has 1 aliphatic carbocycles. The molecule has 0 saturated heterocycles. The van der Waals surface area contributed by atoms with Gasteiger partial charge in [-0.1, -0.05) is 0 Å². The number of hydrogen-bond donors (Lipinski definition) is 1. The second-order valence-electron chi connectivity index (χ2n) is 2.75. The summed E-state index contributed by atoms with van der Waals surface area (Å²) in [5, 5.41) is 2.13. The van der Waals surface area contributed by atoms with Gasteiger partial charge in [-0.25, -0.2) is 4.98 Å². The third kappa shape index (κ3) is 0.954. The van der Waals surface area contributed by atoms with Gasteiger partial charge in [0.25, 0.3) is 0 Å². The molecular formula is C7H10N2S. The first-order valence-electron chi connectivity index (χ1n) is 3.50. The molecule has 0 aromatic carbocycles. The van der Waals surface area contributed by atoms with Gasteiger partial charge in [0.15, 0.2) is 0 Å². The molecule has 1 aliphatic rings. The molecule has 10 heavy (non-hydrogen) atoms. The summed E-state index contributed by atoms with van der Waals surface area (Å²) >= 11 is 1.67. The van der Waals surface area contributed by atoms with Crippen molar-refractivity contribution in [3.05, 3.63) is 16.6 Å². The van der Waals surface area contributed by atoms with Gasteiger partial charge < -0.3 is 5.73 Å². The second-order valence-corrected chi connectivity index (χ2v) is 3.47. The largest absolute Gasteiger partial charge is 0.330 e. The monoisotopic (exact) mass is 154 g/mol. The Morgan fingerprint density at radius 3 is 3.20 bits per heavy atom. The zero-order valence-electron chi connectivity index (χ0n) is 5.66. The van der Waals surface area contributed by atoms with Crippen molar-refractivity contribution in [2.24, 2.45) is 11.7 Å². The van der Waals surface area contributed by atoms with Crippen LogP contribution in [0.2, 0.25) is 0 Å². The molecule has 1 fully saturated rings. The van der Waals surface area contributed by atoms with E-state index in [1.54, 1.807) is 11.3 Å². The number of aromatic nitrogens is 1. The molecule has 54 valence electrons. The summed E-state index contributed by atoms with van der Waals surface area (Å²) in [6.07, 6.45) is 1.25. The maximum Gasteiger partial charge on any atom is 0.0794 e. The normalized spacial score (nSPS) is 30.5. The topological polar surface area (TPSA) is 38.9 Å². The number of nitrogens with two attached hydrogens (primary N) is 1. The molecule has 2 nitrogen and oxygen atoms in total. The van der Waals surface area contributed by atoms with Gasteiger partial charge in [-0.2, -0.15) is 0 Å². The van der Waals surface area contributed by atoms with Gasteiger partial charge in [-0.15, -0.1) is 11.3 Å². The van der Waals surface area contributed by atoms with Crippen molar-refractivity contribution in [2.45, 2.75) is 12.3 Å². The standard InChI is InChI=1S/C7H10N2S/c8-2-5-1-6(5)7-3-10-4-9-7/h3-6H,1-2,8H2/t5-,6+/m0/s1. The maximum atomic E-state index is 5.51. The maximum absolute atomic E-state index is 5.51. The van der Waals surface area contributed by atoms with E-state index in [4.69, 9.17) is 5.73 Å². The molecule has 1 heterocycles. The van der Waals surface area contributed by atoms with Crippen molar-refractivity contribution in [3.63, 3.8) is 0 Å². The first-order chi connectivity index (χ1) is 4.92. The minimum atomic E-state index is 0.691. The Labute approximate surface area is 64.1 Å². The third-order valence-electron chi connectivity index (χ3n) is 2.06. The van der Waals surface area contributed by atoms with Crippen molar-refractivity contribution in [1.82, 2.24) is 4.98 Å². The summed E-state index contributed by atoms with van der Waals surface area (Å²) in [4.78, 5) is 4.24. The lowest BCUT2D eigenvalue weighted by Gasteiger charge is -1.89. The van der Waals surface area contributed by atoms with Gasteiger partial charge in [0.1, 0.15) is 0 Å². The van der Waals surface area contributed by atoms with Crippen LogP contribution in [-0.2, 0) is 0 Å². The Morgan fingerprint density at radius 1 is 1.80 bits per heavy atom. The van der Waals surface area contributed by atoms with Crippen molar-refractivity contribution in [1.29, 1.82) is 0 Å². The smallest absolute Gasteiger partial charge is 0.0794 e. The molecule has 2 rings (SSSR count). The first-order valence-corrected chi connectivity index (χ1v) is 4.44. The van der Waals surface area contributed by atoms with Gasteiger partial charge in [-0.05, 0) is 18.9 Å². The Balaban J connectivity index is 2.05. The summed E-state index contributed by atoms with van der Waals surface area (Å²) in [6, 6.07) is 0. The van der Waals surface area contributed by atoms with Crippen LogP contribution in [-0.4, -0.2) is 11.5 Å². The Kier molecular flexibility index (Phi) is 1.47. The fraction of sp³-hybridized carbons (Fsp3) is 0.571. The van der Waals surface area contributed by atoms with E-state index in [1.807, 2.05) is 5.51 Å². The Hall–Kier alpha value is -0.410. The van der Waals surface area contributed by atoms with Crippen LogP contribution in [0.5, 0.6) is 0 Å². The minimum absolute atomic E-state index is 0.691. The average Bonchev–Trinajstić information content (AvgIpc) is 2.56. The van der Waals surface area contributed by atoms with E-state index in [1.165, 1.54) is 12.1 Å². The summed E-state index contributed by atoms with van der Waals surface area (Å²) < 4.78 is 0. The van der Waals surface area contributed by atoms with Gasteiger partial charge >= 0.3 is 0 Å². The molecule has 0 bridgehead atoms. The van der Waals surface area contributed by atoms with Crippen molar-refractivity contribution in [2.75, 3.05) is 6.54 Å². The molecule has 2 N–H and O–H groups in total. The summed E-state index contributed by atoms with van der Waals surface area (Å²) in [6.45, 7) is 0.822. The molecule has 0 spiro atoms. The molecule has 0 aliphatic heterocycles. The quantitative estimate of drug-likeness (QED) is 0.695. The van der Waals surface area contributed by atoms with Crippen molar-refractivity contribution in [3.8, 4) is 0 Å². The van der Waals surface area contributed by atoms with Crippen LogP contribution in [0.4, 0.5) is 0 Å². The summed E-state index contributed by atoms with van der Waals surface area (Å²) in [7, 11) is 0. The highest BCUT2D eigenvalue weighted by Crippen LogP contribution is 2.46. The van der Waals surface area contributed by atoms with E-state index in [0.29, 0.717) is 5.92 Å². The van der Waals surface area contributed by atoms with Crippen molar-refractivity contribution < 1.29 is 0 Å². The third-order valence-corrected chi connectivity index (χ3v) is 2.66. The first kappa shape index (κ1) is 6.31. The Morgan fingerprint density at radius 2 is 2.70 bits per heavy atom. The molecule has 2 atom stereocenters. The van der Waals surface area contributed by atoms with Gasteiger partial charge in [0.2, 0.25) is 0 Å². The molecule has 1 aromatic rings.